The van der Waals surface area contributed by atoms with E-state index in [0.717, 1.165) is 11.3 Å². The molecule has 1 amide bonds. The molecule has 2 aliphatic rings. The van der Waals surface area contributed by atoms with Gasteiger partial charge in [0.2, 0.25) is 0 Å². The fraction of sp³-hybridized carbons (Fsp3) is 0.733. The maximum atomic E-state index is 12.7. The number of nitrogens with one attached hydrogen (secondary N) is 1. The minimum absolute atomic E-state index is 0.0838. The van der Waals surface area contributed by atoms with Crippen LogP contribution in [0.25, 0.3) is 0 Å². The summed E-state index contributed by atoms with van der Waals surface area (Å²) in [5.41, 5.74) is 2.50. The zero-order valence-electron chi connectivity index (χ0n) is 13.3. The van der Waals surface area contributed by atoms with Gasteiger partial charge in [-0.2, -0.15) is 5.10 Å². The molecule has 1 aromatic heterocycles. The molecule has 7 heteroatoms. The minimum atomic E-state index is -0.0962. The molecule has 3 heterocycles. The van der Waals surface area contributed by atoms with Crippen LogP contribution in [0.3, 0.4) is 0 Å². The number of amides is 1. The van der Waals surface area contributed by atoms with E-state index in [9.17, 15) is 4.79 Å². The van der Waals surface area contributed by atoms with Crippen molar-refractivity contribution in [2.24, 2.45) is 0 Å². The molecule has 0 unspecified atom stereocenters. The molecule has 1 aromatic rings. The molecule has 0 aliphatic carbocycles. The van der Waals surface area contributed by atoms with Crippen molar-refractivity contribution in [2.45, 2.75) is 45.1 Å². The highest BCUT2D eigenvalue weighted by Gasteiger charge is 2.33. The van der Waals surface area contributed by atoms with E-state index in [4.69, 9.17) is 14.2 Å². The Hall–Kier alpha value is -1.44. The smallest absolute Gasteiger partial charge is 0.270 e. The van der Waals surface area contributed by atoms with Crippen LogP contribution in [-0.2, 0) is 27.2 Å². The van der Waals surface area contributed by atoms with E-state index < -0.39 is 0 Å². The molecule has 3 rings (SSSR count). The van der Waals surface area contributed by atoms with Gasteiger partial charge in [-0.15, -0.1) is 0 Å². The zero-order chi connectivity index (χ0) is 15.7. The van der Waals surface area contributed by atoms with Crippen LogP contribution in [0.15, 0.2) is 0 Å². The van der Waals surface area contributed by atoms with Gasteiger partial charge in [0.25, 0.3) is 5.91 Å². The van der Waals surface area contributed by atoms with Crippen LogP contribution in [0, 0.1) is 0 Å². The van der Waals surface area contributed by atoms with Gasteiger partial charge in [0.05, 0.1) is 50.3 Å². The maximum absolute atomic E-state index is 12.7. The average Bonchev–Trinajstić information content (AvgIpc) is 2.79. The SMILES string of the molecule is COCCn1nc2c(c1C(=O)NC1COC1)C[C@H](C)O[C@@H]2C. The quantitative estimate of drug-likeness (QED) is 0.866. The van der Waals surface area contributed by atoms with Crippen LogP contribution in [-0.4, -0.2) is 54.8 Å². The number of carbonyl (C=O) groups excluding carboxylic acids is 1. The summed E-state index contributed by atoms with van der Waals surface area (Å²) in [6, 6.07) is 0.101. The highest BCUT2D eigenvalue weighted by molar-refractivity contribution is 5.94. The first kappa shape index (κ1) is 15.5. The molecule has 0 saturated carbocycles. The van der Waals surface area contributed by atoms with Crippen molar-refractivity contribution < 1.29 is 19.0 Å². The molecule has 2 aliphatic heterocycles. The average molecular weight is 309 g/mol. The lowest BCUT2D eigenvalue weighted by molar-refractivity contribution is -0.00757. The summed E-state index contributed by atoms with van der Waals surface area (Å²) in [7, 11) is 1.64. The Labute approximate surface area is 129 Å². The Morgan fingerprint density at radius 3 is 2.86 bits per heavy atom. The van der Waals surface area contributed by atoms with Crippen molar-refractivity contribution in [3.05, 3.63) is 17.0 Å². The number of fused-ring (bicyclic) bond motifs is 1. The topological polar surface area (TPSA) is 74.6 Å². The molecule has 22 heavy (non-hydrogen) atoms. The zero-order valence-corrected chi connectivity index (χ0v) is 13.3. The number of hydrogen-bond donors (Lipinski definition) is 1. The first-order chi connectivity index (χ1) is 10.6. The van der Waals surface area contributed by atoms with Crippen molar-refractivity contribution in [1.29, 1.82) is 0 Å². The summed E-state index contributed by atoms with van der Waals surface area (Å²) >= 11 is 0. The summed E-state index contributed by atoms with van der Waals surface area (Å²) < 4.78 is 17.8. The predicted molar refractivity (Wildman–Crippen MR) is 78.8 cm³/mol. The second-order valence-electron chi connectivity index (χ2n) is 5.93. The maximum Gasteiger partial charge on any atom is 0.270 e. The first-order valence-electron chi connectivity index (χ1n) is 7.72. The Morgan fingerprint density at radius 2 is 2.23 bits per heavy atom. The second-order valence-corrected chi connectivity index (χ2v) is 5.93. The largest absolute Gasteiger partial charge is 0.383 e. The molecule has 0 aromatic carbocycles. The highest BCUT2D eigenvalue weighted by Crippen LogP contribution is 2.31. The van der Waals surface area contributed by atoms with Gasteiger partial charge in [-0.3, -0.25) is 9.48 Å². The first-order valence-corrected chi connectivity index (χ1v) is 7.72. The third-order valence-electron chi connectivity index (χ3n) is 4.09. The molecule has 2 atom stereocenters. The summed E-state index contributed by atoms with van der Waals surface area (Å²) in [6.07, 6.45) is 0.693. The molecule has 122 valence electrons. The standard InChI is InChI=1S/C15H23N3O4/c1-9-6-12-13(10(2)22-9)17-18(4-5-20-3)14(12)15(19)16-11-7-21-8-11/h9-11H,4-8H2,1-3H3,(H,16,19)/t9-,10+/m0/s1. The van der Waals surface area contributed by atoms with Gasteiger partial charge in [0.15, 0.2) is 0 Å². The fourth-order valence-electron chi connectivity index (χ4n) is 2.96. The van der Waals surface area contributed by atoms with E-state index in [2.05, 4.69) is 10.4 Å². The van der Waals surface area contributed by atoms with Gasteiger partial charge in [-0.05, 0) is 13.8 Å². The Kier molecular flexibility index (Phi) is 4.46. The number of ether oxygens (including phenoxy) is 3. The van der Waals surface area contributed by atoms with Crippen LogP contribution < -0.4 is 5.32 Å². The van der Waals surface area contributed by atoms with E-state index in [1.807, 2.05) is 13.8 Å². The molecular weight excluding hydrogens is 286 g/mol. The lowest BCUT2D eigenvalue weighted by atomic mass is 9.99. The predicted octanol–water partition coefficient (Wildman–Crippen LogP) is 0.680. The van der Waals surface area contributed by atoms with Crippen molar-refractivity contribution >= 4 is 5.91 Å². The summed E-state index contributed by atoms with van der Waals surface area (Å²) in [4.78, 5) is 12.7. The van der Waals surface area contributed by atoms with Crippen molar-refractivity contribution in [2.75, 3.05) is 26.9 Å². The third kappa shape index (κ3) is 2.88. The van der Waals surface area contributed by atoms with Gasteiger partial charge in [0.1, 0.15) is 5.69 Å². The van der Waals surface area contributed by atoms with Crippen molar-refractivity contribution in [3.63, 3.8) is 0 Å². The number of carbonyl (C=O) groups is 1. The summed E-state index contributed by atoms with van der Waals surface area (Å²) in [6.45, 7) is 6.22. The van der Waals surface area contributed by atoms with Crippen molar-refractivity contribution in [1.82, 2.24) is 15.1 Å². The minimum Gasteiger partial charge on any atom is -0.383 e. The molecule has 1 N–H and O–H groups in total. The van der Waals surface area contributed by atoms with Crippen molar-refractivity contribution in [3.8, 4) is 0 Å². The van der Waals surface area contributed by atoms with E-state index in [1.54, 1.807) is 11.8 Å². The second kappa shape index (κ2) is 6.36. The van der Waals surface area contributed by atoms with Crippen LogP contribution in [0.4, 0.5) is 0 Å². The molecular formula is C15H23N3O4. The Bertz CT molecular complexity index is 553. The third-order valence-corrected chi connectivity index (χ3v) is 4.09. The molecule has 1 saturated heterocycles. The van der Waals surface area contributed by atoms with Gasteiger partial charge >= 0.3 is 0 Å². The monoisotopic (exact) mass is 309 g/mol. The lowest BCUT2D eigenvalue weighted by Crippen LogP contribution is -2.49. The number of rotatable bonds is 5. The van der Waals surface area contributed by atoms with Gasteiger partial charge in [-0.25, -0.2) is 0 Å². The van der Waals surface area contributed by atoms with Crippen LogP contribution in [0.5, 0.6) is 0 Å². The number of nitrogens with zero attached hydrogens (tertiary/aromatic N) is 2. The Balaban J connectivity index is 1.91. The summed E-state index contributed by atoms with van der Waals surface area (Å²) in [5, 5.41) is 7.60. The van der Waals surface area contributed by atoms with Crippen LogP contribution in [0.2, 0.25) is 0 Å². The molecule has 0 radical (unpaired) electrons. The van der Waals surface area contributed by atoms with Gasteiger partial charge in [-0.1, -0.05) is 0 Å². The molecule has 7 nitrogen and oxygen atoms in total. The van der Waals surface area contributed by atoms with E-state index in [-0.39, 0.29) is 24.2 Å². The van der Waals surface area contributed by atoms with Gasteiger partial charge in [0, 0.05) is 19.1 Å². The van der Waals surface area contributed by atoms with E-state index in [0.29, 0.717) is 38.5 Å². The summed E-state index contributed by atoms with van der Waals surface area (Å²) in [5.74, 6) is -0.0838. The fourth-order valence-corrected chi connectivity index (χ4v) is 2.96. The van der Waals surface area contributed by atoms with Gasteiger partial charge < -0.3 is 19.5 Å². The lowest BCUT2D eigenvalue weighted by Gasteiger charge is -2.28. The Morgan fingerprint density at radius 1 is 1.45 bits per heavy atom. The van der Waals surface area contributed by atoms with E-state index in [1.165, 1.54) is 0 Å². The normalized spacial score (nSPS) is 24.7. The number of aromatic nitrogens is 2. The number of hydrogen-bond acceptors (Lipinski definition) is 5. The molecule has 0 spiro atoms. The van der Waals surface area contributed by atoms with E-state index >= 15 is 0 Å². The highest BCUT2D eigenvalue weighted by atomic mass is 16.5. The van der Waals surface area contributed by atoms with Crippen LogP contribution >= 0.6 is 0 Å². The number of methoxy groups -OCH3 is 1. The molecule has 0 bridgehead atoms. The molecule has 1 fully saturated rings. The van der Waals surface area contributed by atoms with Crippen LogP contribution in [0.1, 0.15) is 41.7 Å².